The predicted molar refractivity (Wildman–Crippen MR) is 152 cm³/mol. The van der Waals surface area contributed by atoms with Gasteiger partial charge in [-0.1, -0.05) is 63.4 Å². The summed E-state index contributed by atoms with van der Waals surface area (Å²) in [5.74, 6) is -3.53. The maximum absolute atomic E-state index is 13.6. The topological polar surface area (TPSA) is 54.9 Å². The highest BCUT2D eigenvalue weighted by atomic mass is 31.0. The molecule has 212 valence electrons. The first-order valence-electron chi connectivity index (χ1n) is 12.9. The lowest BCUT2D eigenvalue weighted by molar-refractivity contribution is -0.118. The van der Waals surface area contributed by atoms with E-state index in [2.05, 4.69) is 21.9 Å². The first kappa shape index (κ1) is 35.4. The highest BCUT2D eigenvalue weighted by Gasteiger charge is 2.47. The number of aryl methyl sites for hydroxylation is 1. The number of rotatable bonds is 7. The van der Waals surface area contributed by atoms with E-state index in [1.165, 1.54) is 28.4 Å². The summed E-state index contributed by atoms with van der Waals surface area (Å²) in [6.45, 7) is 19.3. The molecule has 1 unspecified atom stereocenters. The van der Waals surface area contributed by atoms with Gasteiger partial charge >= 0.3 is 0 Å². The molecule has 0 radical (unpaired) electrons. The first-order chi connectivity index (χ1) is 17.7. The van der Waals surface area contributed by atoms with Gasteiger partial charge in [-0.15, -0.1) is 0 Å². The Kier molecular flexibility index (Phi) is 14.1. The van der Waals surface area contributed by atoms with E-state index in [-0.39, 0.29) is 11.3 Å². The Labute approximate surface area is 227 Å². The van der Waals surface area contributed by atoms with Crippen molar-refractivity contribution in [3.63, 3.8) is 0 Å². The van der Waals surface area contributed by atoms with Crippen molar-refractivity contribution in [3.8, 4) is 11.3 Å². The molecule has 0 aromatic carbocycles. The van der Waals surface area contributed by atoms with Crippen molar-refractivity contribution in [3.05, 3.63) is 71.2 Å². The molecule has 3 rings (SSSR count). The summed E-state index contributed by atoms with van der Waals surface area (Å²) in [7, 11) is 1.39. The van der Waals surface area contributed by atoms with E-state index in [1.54, 1.807) is 19.1 Å². The van der Waals surface area contributed by atoms with Crippen LogP contribution in [-0.2, 0) is 16.3 Å². The average molecular weight is 556 g/mol. The zero-order valence-electron chi connectivity index (χ0n) is 24.0. The van der Waals surface area contributed by atoms with Gasteiger partial charge in [0.1, 0.15) is 5.69 Å². The number of pyridine rings is 2. The molecule has 1 amide bonds. The molecule has 38 heavy (non-hydrogen) atoms. The van der Waals surface area contributed by atoms with Gasteiger partial charge in [0.2, 0.25) is 5.91 Å². The SMILES string of the molecule is C=C(/C=C(\C)C(=O)NC1(c2ccc(-c3ccnc(C(C)(F)F)c3)nc2C)CC1)C(F)(F)P.CC.CC.CC. The van der Waals surface area contributed by atoms with Crippen molar-refractivity contribution in [2.75, 3.05) is 0 Å². The van der Waals surface area contributed by atoms with Gasteiger partial charge < -0.3 is 5.32 Å². The highest BCUT2D eigenvalue weighted by Crippen LogP contribution is 2.47. The van der Waals surface area contributed by atoms with Crippen molar-refractivity contribution in [1.82, 2.24) is 15.3 Å². The zero-order chi connectivity index (χ0) is 29.9. The van der Waals surface area contributed by atoms with E-state index < -0.39 is 28.6 Å². The normalized spacial score (nSPS) is 13.9. The van der Waals surface area contributed by atoms with Gasteiger partial charge in [0.05, 0.1) is 11.2 Å². The second kappa shape index (κ2) is 15.1. The summed E-state index contributed by atoms with van der Waals surface area (Å²) in [6.07, 6.45) is 3.74. The Balaban J connectivity index is 0.00000213. The molecule has 0 bridgehead atoms. The lowest BCUT2D eigenvalue weighted by Crippen LogP contribution is -2.36. The van der Waals surface area contributed by atoms with Gasteiger partial charge in [-0.05, 0) is 56.5 Å². The lowest BCUT2D eigenvalue weighted by atomic mass is 10.0. The Morgan fingerprint density at radius 1 is 1.08 bits per heavy atom. The van der Waals surface area contributed by atoms with Crippen molar-refractivity contribution >= 4 is 15.1 Å². The van der Waals surface area contributed by atoms with Gasteiger partial charge in [-0.3, -0.25) is 14.8 Å². The Hall–Kier alpha value is -2.60. The summed E-state index contributed by atoms with van der Waals surface area (Å²) >= 11 is 0. The van der Waals surface area contributed by atoms with Gasteiger partial charge in [0.25, 0.3) is 11.6 Å². The van der Waals surface area contributed by atoms with Crippen LogP contribution in [0.25, 0.3) is 11.3 Å². The van der Waals surface area contributed by atoms with Crippen molar-refractivity contribution < 1.29 is 22.4 Å². The standard InChI is InChI=1S/C23H24F4N3OP.3C2H6/c1-13(11-14(2)23(26,27)32)20(31)30-22(8-9-22)17-5-6-18(29-15(17)3)16-7-10-28-19(12-16)21(4,24)25;3*1-2/h5-7,10-12H,2,8-9,32H2,1,3-4H3,(H,30,31);3*1-2H3/b13-11+;;;. The van der Waals surface area contributed by atoms with E-state index in [4.69, 9.17) is 0 Å². The smallest absolute Gasteiger partial charge is 0.286 e. The first-order valence-corrected chi connectivity index (χ1v) is 13.5. The number of hydrogen-bond donors (Lipinski definition) is 1. The van der Waals surface area contributed by atoms with Gasteiger partial charge in [0.15, 0.2) is 0 Å². The lowest BCUT2D eigenvalue weighted by Gasteiger charge is -2.21. The van der Waals surface area contributed by atoms with E-state index in [0.29, 0.717) is 29.8 Å². The number of allylic oxidation sites excluding steroid dienone is 2. The number of aromatic nitrogens is 2. The second-order valence-corrected chi connectivity index (χ2v) is 8.88. The maximum Gasteiger partial charge on any atom is 0.286 e. The molecular formula is C29H42F4N3OP. The molecule has 9 heteroatoms. The van der Waals surface area contributed by atoms with Crippen LogP contribution in [0.4, 0.5) is 17.6 Å². The molecule has 2 heterocycles. The van der Waals surface area contributed by atoms with Gasteiger partial charge in [0, 0.05) is 35.5 Å². The molecule has 1 saturated carbocycles. The molecule has 1 atom stereocenters. The van der Waals surface area contributed by atoms with Crippen LogP contribution in [0.1, 0.15) is 85.2 Å². The third-order valence-corrected chi connectivity index (χ3v) is 5.76. The minimum atomic E-state index is -3.19. The molecule has 0 saturated heterocycles. The molecule has 0 aliphatic heterocycles. The van der Waals surface area contributed by atoms with Crippen LogP contribution < -0.4 is 5.32 Å². The van der Waals surface area contributed by atoms with Crippen molar-refractivity contribution in [1.29, 1.82) is 0 Å². The maximum atomic E-state index is 13.6. The zero-order valence-corrected chi connectivity index (χ0v) is 25.1. The molecule has 1 aliphatic rings. The highest BCUT2D eigenvalue weighted by molar-refractivity contribution is 7.18. The summed E-state index contributed by atoms with van der Waals surface area (Å²) in [5, 5.41) is 2.92. The second-order valence-electron chi connectivity index (χ2n) is 8.16. The van der Waals surface area contributed by atoms with Crippen LogP contribution in [0.15, 0.2) is 54.3 Å². The van der Waals surface area contributed by atoms with Crippen molar-refractivity contribution in [2.45, 2.75) is 92.3 Å². The number of nitrogens with zero attached hydrogens (tertiary/aromatic N) is 2. The van der Waals surface area contributed by atoms with Crippen LogP contribution in [0.3, 0.4) is 0 Å². The quantitative estimate of drug-likeness (QED) is 0.161. The molecule has 1 N–H and O–H groups in total. The molecule has 2 aromatic heterocycles. The fourth-order valence-corrected chi connectivity index (χ4v) is 3.47. The van der Waals surface area contributed by atoms with Gasteiger partial charge in [-0.25, -0.2) is 0 Å². The third kappa shape index (κ3) is 9.61. The molecular weight excluding hydrogens is 513 g/mol. The van der Waals surface area contributed by atoms with Crippen molar-refractivity contribution in [2.24, 2.45) is 0 Å². The molecule has 4 nitrogen and oxygen atoms in total. The minimum Gasteiger partial charge on any atom is -0.343 e. The van der Waals surface area contributed by atoms with Crippen LogP contribution in [0.2, 0.25) is 0 Å². The Morgan fingerprint density at radius 2 is 1.63 bits per heavy atom. The minimum absolute atomic E-state index is 0.121. The fourth-order valence-electron chi connectivity index (χ4n) is 3.38. The number of halogens is 4. The van der Waals surface area contributed by atoms with Crippen LogP contribution in [0, 0.1) is 6.92 Å². The monoisotopic (exact) mass is 555 g/mol. The number of hydrogen-bond acceptors (Lipinski definition) is 3. The predicted octanol–water partition coefficient (Wildman–Crippen LogP) is 8.72. The van der Waals surface area contributed by atoms with E-state index in [1.807, 2.05) is 47.6 Å². The molecule has 2 aromatic rings. The fraction of sp³-hybridized carbons (Fsp3) is 0.483. The number of carbonyl (C=O) groups is 1. The van der Waals surface area contributed by atoms with Crippen LogP contribution in [0.5, 0.6) is 0 Å². The summed E-state index contributed by atoms with van der Waals surface area (Å²) in [5.41, 5.74) is -2.06. The van der Waals surface area contributed by atoms with Gasteiger partial charge in [-0.2, -0.15) is 17.6 Å². The molecule has 1 fully saturated rings. The summed E-state index contributed by atoms with van der Waals surface area (Å²) in [4.78, 5) is 20.9. The Morgan fingerprint density at radius 3 is 2.08 bits per heavy atom. The molecule has 0 spiro atoms. The number of amides is 1. The largest absolute Gasteiger partial charge is 0.343 e. The average Bonchev–Trinajstić information content (AvgIpc) is 3.66. The van der Waals surface area contributed by atoms with Crippen LogP contribution in [-0.4, -0.2) is 21.5 Å². The number of nitrogens with one attached hydrogen (secondary N) is 1. The summed E-state index contributed by atoms with van der Waals surface area (Å²) < 4.78 is 53.8. The molecule has 1 aliphatic carbocycles. The number of alkyl halides is 4. The Bertz CT molecular complexity index is 1100. The number of carbonyl (C=O) groups excluding carboxylic acids is 1. The van der Waals surface area contributed by atoms with E-state index >= 15 is 0 Å². The van der Waals surface area contributed by atoms with E-state index in [9.17, 15) is 22.4 Å². The summed E-state index contributed by atoms with van der Waals surface area (Å²) in [6, 6.07) is 6.43. The van der Waals surface area contributed by atoms with Crippen LogP contribution >= 0.6 is 9.24 Å². The third-order valence-electron chi connectivity index (χ3n) is 5.39. The van der Waals surface area contributed by atoms with E-state index in [0.717, 1.165) is 18.6 Å².